The summed E-state index contributed by atoms with van der Waals surface area (Å²) in [6.07, 6.45) is 0. The highest BCUT2D eigenvalue weighted by Crippen LogP contribution is 2.24. The van der Waals surface area contributed by atoms with Gasteiger partial charge in [0.1, 0.15) is 5.82 Å². The summed E-state index contributed by atoms with van der Waals surface area (Å²) in [5, 5.41) is 11.2. The molecule has 0 aliphatic rings. The lowest BCUT2D eigenvalue weighted by Gasteiger charge is -2.11. The first-order valence-corrected chi connectivity index (χ1v) is 5.89. The molecule has 2 aromatic rings. The number of benzene rings is 1. The minimum absolute atomic E-state index is 0.284. The molecule has 0 bridgehead atoms. The van der Waals surface area contributed by atoms with Crippen molar-refractivity contribution in [3.8, 4) is 0 Å². The van der Waals surface area contributed by atoms with Crippen LogP contribution in [0.5, 0.6) is 0 Å². The molecule has 0 fully saturated rings. The SMILES string of the molecule is Cc1cc(F)cc(Nc2nnc(Cl)c(C)c2C)c1. The van der Waals surface area contributed by atoms with Gasteiger partial charge >= 0.3 is 0 Å². The topological polar surface area (TPSA) is 37.8 Å². The Balaban J connectivity index is 2.37. The maximum absolute atomic E-state index is 13.3. The molecule has 0 unspecified atom stereocenters. The zero-order valence-corrected chi connectivity index (χ0v) is 11.1. The highest BCUT2D eigenvalue weighted by molar-refractivity contribution is 6.30. The Hall–Kier alpha value is -1.68. The number of hydrogen-bond donors (Lipinski definition) is 1. The van der Waals surface area contributed by atoms with E-state index in [0.29, 0.717) is 16.7 Å². The van der Waals surface area contributed by atoms with Crippen LogP contribution in [-0.4, -0.2) is 10.2 Å². The van der Waals surface area contributed by atoms with E-state index in [1.54, 1.807) is 0 Å². The van der Waals surface area contributed by atoms with Gasteiger partial charge in [-0.05, 0) is 55.7 Å². The van der Waals surface area contributed by atoms with E-state index in [1.165, 1.54) is 12.1 Å². The molecule has 1 aromatic carbocycles. The van der Waals surface area contributed by atoms with Crippen molar-refractivity contribution in [2.24, 2.45) is 0 Å². The third-order valence-electron chi connectivity index (χ3n) is 2.77. The molecule has 1 aromatic heterocycles. The molecule has 0 radical (unpaired) electrons. The molecule has 0 spiro atoms. The minimum atomic E-state index is -0.284. The van der Waals surface area contributed by atoms with Gasteiger partial charge < -0.3 is 5.32 Å². The second kappa shape index (κ2) is 4.90. The molecule has 1 heterocycles. The Kier molecular flexibility index (Phi) is 3.48. The van der Waals surface area contributed by atoms with E-state index in [-0.39, 0.29) is 5.82 Å². The number of aromatic nitrogens is 2. The van der Waals surface area contributed by atoms with Crippen molar-refractivity contribution in [2.75, 3.05) is 5.32 Å². The highest BCUT2D eigenvalue weighted by Gasteiger charge is 2.08. The Morgan fingerprint density at radius 1 is 1.06 bits per heavy atom. The van der Waals surface area contributed by atoms with Crippen LogP contribution < -0.4 is 5.32 Å². The van der Waals surface area contributed by atoms with E-state index in [4.69, 9.17) is 11.6 Å². The molecule has 0 aliphatic heterocycles. The first-order valence-electron chi connectivity index (χ1n) is 5.51. The average Bonchev–Trinajstić information content (AvgIpc) is 2.29. The van der Waals surface area contributed by atoms with Crippen molar-refractivity contribution >= 4 is 23.1 Å². The fourth-order valence-electron chi connectivity index (χ4n) is 1.64. The Morgan fingerprint density at radius 2 is 1.78 bits per heavy atom. The van der Waals surface area contributed by atoms with Crippen molar-refractivity contribution in [1.82, 2.24) is 10.2 Å². The lowest BCUT2D eigenvalue weighted by atomic mass is 10.2. The number of hydrogen-bond acceptors (Lipinski definition) is 3. The second-order valence-electron chi connectivity index (χ2n) is 4.23. The largest absolute Gasteiger partial charge is 0.338 e. The average molecular weight is 266 g/mol. The van der Waals surface area contributed by atoms with Crippen molar-refractivity contribution < 1.29 is 4.39 Å². The van der Waals surface area contributed by atoms with Crippen LogP contribution in [0.15, 0.2) is 18.2 Å². The van der Waals surface area contributed by atoms with Gasteiger partial charge in [-0.3, -0.25) is 0 Å². The van der Waals surface area contributed by atoms with Gasteiger partial charge in [0, 0.05) is 5.69 Å². The molecule has 0 saturated heterocycles. The molecule has 0 saturated carbocycles. The van der Waals surface area contributed by atoms with Crippen molar-refractivity contribution in [2.45, 2.75) is 20.8 Å². The van der Waals surface area contributed by atoms with Crippen LogP contribution in [0.25, 0.3) is 0 Å². The normalized spacial score (nSPS) is 10.5. The summed E-state index contributed by atoms with van der Waals surface area (Å²) in [6.45, 7) is 5.60. The van der Waals surface area contributed by atoms with Gasteiger partial charge in [0.05, 0.1) is 0 Å². The monoisotopic (exact) mass is 265 g/mol. The molecule has 94 valence electrons. The van der Waals surface area contributed by atoms with Gasteiger partial charge in [-0.2, -0.15) is 0 Å². The summed E-state index contributed by atoms with van der Waals surface area (Å²) in [6, 6.07) is 4.73. The number of halogens is 2. The molecule has 0 aliphatic carbocycles. The van der Waals surface area contributed by atoms with Crippen LogP contribution in [0.4, 0.5) is 15.9 Å². The van der Waals surface area contributed by atoms with Gasteiger partial charge in [0.2, 0.25) is 0 Å². The van der Waals surface area contributed by atoms with Gasteiger partial charge in [-0.15, -0.1) is 10.2 Å². The van der Waals surface area contributed by atoms with Crippen LogP contribution >= 0.6 is 11.6 Å². The molecule has 18 heavy (non-hydrogen) atoms. The molecule has 3 nitrogen and oxygen atoms in total. The Bertz CT molecular complexity index is 579. The molecule has 0 amide bonds. The van der Waals surface area contributed by atoms with E-state index in [9.17, 15) is 4.39 Å². The third kappa shape index (κ3) is 2.59. The summed E-state index contributed by atoms with van der Waals surface area (Å²) < 4.78 is 13.3. The van der Waals surface area contributed by atoms with Gasteiger partial charge in [0.15, 0.2) is 11.0 Å². The van der Waals surface area contributed by atoms with E-state index in [2.05, 4.69) is 15.5 Å². The van der Waals surface area contributed by atoms with Gasteiger partial charge in [-0.1, -0.05) is 11.6 Å². The summed E-state index contributed by atoms with van der Waals surface area (Å²) in [4.78, 5) is 0. The predicted octanol–water partition coefficient (Wildman–Crippen LogP) is 3.94. The van der Waals surface area contributed by atoms with Crippen molar-refractivity contribution in [3.63, 3.8) is 0 Å². The Morgan fingerprint density at radius 3 is 2.44 bits per heavy atom. The number of nitrogens with zero attached hydrogens (tertiary/aromatic N) is 2. The van der Waals surface area contributed by atoms with Crippen LogP contribution in [0.3, 0.4) is 0 Å². The number of aryl methyl sites for hydroxylation is 1. The van der Waals surface area contributed by atoms with Crippen molar-refractivity contribution in [1.29, 1.82) is 0 Å². The summed E-state index contributed by atoms with van der Waals surface area (Å²) in [5.74, 6) is 0.302. The second-order valence-corrected chi connectivity index (χ2v) is 4.59. The van der Waals surface area contributed by atoms with E-state index >= 15 is 0 Å². The first-order chi connectivity index (χ1) is 8.47. The minimum Gasteiger partial charge on any atom is -0.338 e. The maximum atomic E-state index is 13.3. The number of rotatable bonds is 2. The zero-order chi connectivity index (χ0) is 13.3. The lowest BCUT2D eigenvalue weighted by molar-refractivity contribution is 0.627. The summed E-state index contributed by atoms with van der Waals surface area (Å²) in [7, 11) is 0. The van der Waals surface area contributed by atoms with Crippen LogP contribution in [0, 0.1) is 26.6 Å². The van der Waals surface area contributed by atoms with Crippen LogP contribution in [-0.2, 0) is 0 Å². The fourth-order valence-corrected chi connectivity index (χ4v) is 1.82. The molecule has 0 atom stereocenters. The number of anilines is 2. The summed E-state index contributed by atoms with van der Waals surface area (Å²) in [5.41, 5.74) is 3.25. The quantitative estimate of drug-likeness (QED) is 0.894. The van der Waals surface area contributed by atoms with Gasteiger partial charge in [0.25, 0.3) is 0 Å². The lowest BCUT2D eigenvalue weighted by Crippen LogP contribution is -2.01. The maximum Gasteiger partial charge on any atom is 0.156 e. The summed E-state index contributed by atoms with van der Waals surface area (Å²) >= 11 is 5.88. The van der Waals surface area contributed by atoms with Crippen LogP contribution in [0.2, 0.25) is 5.15 Å². The third-order valence-corrected chi connectivity index (χ3v) is 3.13. The highest BCUT2D eigenvalue weighted by atomic mass is 35.5. The first kappa shape index (κ1) is 12.8. The fraction of sp³-hybridized carbons (Fsp3) is 0.231. The molecular weight excluding hydrogens is 253 g/mol. The smallest absolute Gasteiger partial charge is 0.156 e. The van der Waals surface area contributed by atoms with Gasteiger partial charge in [-0.25, -0.2) is 4.39 Å². The molecular formula is C13H13ClFN3. The van der Waals surface area contributed by atoms with Crippen LogP contribution in [0.1, 0.15) is 16.7 Å². The Labute approximate surface area is 110 Å². The molecule has 5 heteroatoms. The molecule has 2 rings (SSSR count). The standard InChI is InChI=1S/C13H13ClFN3/c1-7-4-10(15)6-11(5-7)16-13-9(3)8(2)12(14)17-18-13/h4-6H,1-3H3,(H,16,18). The van der Waals surface area contributed by atoms with E-state index in [1.807, 2.05) is 26.8 Å². The number of nitrogens with one attached hydrogen (secondary N) is 1. The zero-order valence-electron chi connectivity index (χ0n) is 10.4. The van der Waals surface area contributed by atoms with E-state index < -0.39 is 0 Å². The predicted molar refractivity (Wildman–Crippen MR) is 70.9 cm³/mol. The van der Waals surface area contributed by atoms with Crippen molar-refractivity contribution in [3.05, 3.63) is 45.9 Å². The van der Waals surface area contributed by atoms with E-state index in [0.717, 1.165) is 16.7 Å². The molecule has 1 N–H and O–H groups in total.